The van der Waals surface area contributed by atoms with Crippen LogP contribution in [0, 0.1) is 5.92 Å². The van der Waals surface area contributed by atoms with E-state index < -0.39 is 6.04 Å². The number of nitrogens with two attached hydrogens (primary N) is 1. The highest BCUT2D eigenvalue weighted by Crippen LogP contribution is 1.98. The summed E-state index contributed by atoms with van der Waals surface area (Å²) in [5.74, 6) is -0.539. The lowest BCUT2D eigenvalue weighted by Gasteiger charge is -2.15. The zero-order chi connectivity index (χ0) is 13.5. The predicted molar refractivity (Wildman–Crippen MR) is 66.4 cm³/mol. The van der Waals surface area contributed by atoms with E-state index in [0.717, 1.165) is 5.56 Å². The molecule has 0 fully saturated rings. The van der Waals surface area contributed by atoms with E-state index in [4.69, 9.17) is 10.2 Å². The van der Waals surface area contributed by atoms with Crippen molar-refractivity contribution in [3.05, 3.63) is 24.2 Å². The summed E-state index contributed by atoms with van der Waals surface area (Å²) in [6.45, 7) is 4.00. The Morgan fingerprint density at radius 3 is 2.67 bits per heavy atom. The monoisotopic (exact) mass is 253 g/mol. The first-order chi connectivity index (χ1) is 8.50. The number of rotatable bonds is 6. The molecule has 1 heterocycles. The number of amides is 2. The lowest BCUT2D eigenvalue weighted by atomic mass is 10.1. The van der Waals surface area contributed by atoms with Gasteiger partial charge in [0.05, 0.1) is 25.1 Å². The van der Waals surface area contributed by atoms with Crippen LogP contribution in [-0.2, 0) is 16.1 Å². The molecule has 4 N–H and O–H groups in total. The molecule has 0 unspecified atom stereocenters. The molecule has 1 aromatic heterocycles. The van der Waals surface area contributed by atoms with Crippen LogP contribution in [0.15, 0.2) is 23.0 Å². The maximum Gasteiger partial charge on any atom is 0.239 e. The van der Waals surface area contributed by atoms with Gasteiger partial charge >= 0.3 is 0 Å². The number of furan rings is 1. The first kappa shape index (κ1) is 14.2. The summed E-state index contributed by atoms with van der Waals surface area (Å²) in [5.41, 5.74) is 6.51. The molecular formula is C12H19N3O3. The van der Waals surface area contributed by atoms with Gasteiger partial charge in [0.25, 0.3) is 0 Å². The van der Waals surface area contributed by atoms with E-state index in [0.29, 0.717) is 6.54 Å². The third-order valence-corrected chi connectivity index (χ3v) is 2.51. The Morgan fingerprint density at radius 1 is 1.39 bits per heavy atom. The average Bonchev–Trinajstić information content (AvgIpc) is 2.85. The standard InChI is InChI=1S/C12H19N3O3/c1-8(2)11(13)12(17)15-6-10(16)14-5-9-3-4-18-7-9/h3-4,7-8,11H,5-6,13H2,1-2H3,(H,14,16)(H,15,17)/t11-/m0/s1. The van der Waals surface area contributed by atoms with Crippen LogP contribution in [-0.4, -0.2) is 24.4 Å². The maximum absolute atomic E-state index is 11.5. The number of nitrogens with one attached hydrogen (secondary N) is 2. The first-order valence-electron chi connectivity index (χ1n) is 5.81. The topological polar surface area (TPSA) is 97.4 Å². The molecule has 1 rings (SSSR count). The third-order valence-electron chi connectivity index (χ3n) is 2.51. The molecule has 0 aliphatic heterocycles. The number of carbonyl (C=O) groups is 2. The van der Waals surface area contributed by atoms with Crippen molar-refractivity contribution < 1.29 is 14.0 Å². The first-order valence-corrected chi connectivity index (χ1v) is 5.81. The Hall–Kier alpha value is -1.82. The Bertz CT molecular complexity index is 387. The van der Waals surface area contributed by atoms with Crippen LogP contribution in [0.4, 0.5) is 0 Å². The van der Waals surface area contributed by atoms with Gasteiger partial charge in [0.2, 0.25) is 11.8 Å². The minimum Gasteiger partial charge on any atom is -0.472 e. The van der Waals surface area contributed by atoms with Gasteiger partial charge in [-0.05, 0) is 12.0 Å². The molecule has 0 saturated carbocycles. The van der Waals surface area contributed by atoms with Gasteiger partial charge in [-0.15, -0.1) is 0 Å². The largest absolute Gasteiger partial charge is 0.472 e. The SMILES string of the molecule is CC(C)[C@H](N)C(=O)NCC(=O)NCc1ccoc1. The smallest absolute Gasteiger partial charge is 0.239 e. The molecule has 0 radical (unpaired) electrons. The van der Waals surface area contributed by atoms with Crippen molar-refractivity contribution >= 4 is 11.8 Å². The van der Waals surface area contributed by atoms with Crippen molar-refractivity contribution in [1.29, 1.82) is 0 Å². The molecular weight excluding hydrogens is 234 g/mol. The predicted octanol–water partition coefficient (Wildman–Crippen LogP) is -0.00470. The fourth-order valence-corrected chi connectivity index (χ4v) is 1.24. The van der Waals surface area contributed by atoms with Crippen LogP contribution < -0.4 is 16.4 Å². The lowest BCUT2D eigenvalue weighted by molar-refractivity contribution is -0.127. The molecule has 0 aliphatic carbocycles. The van der Waals surface area contributed by atoms with Crippen molar-refractivity contribution in [2.45, 2.75) is 26.4 Å². The number of hydrogen-bond acceptors (Lipinski definition) is 4. The second kappa shape index (κ2) is 6.80. The maximum atomic E-state index is 11.5. The van der Waals surface area contributed by atoms with E-state index in [1.165, 1.54) is 6.26 Å². The van der Waals surface area contributed by atoms with E-state index in [2.05, 4.69) is 10.6 Å². The molecule has 0 aliphatic rings. The molecule has 0 saturated heterocycles. The van der Waals surface area contributed by atoms with Gasteiger partial charge in [0.15, 0.2) is 0 Å². The van der Waals surface area contributed by atoms with Crippen LogP contribution in [0.2, 0.25) is 0 Å². The van der Waals surface area contributed by atoms with Crippen LogP contribution in [0.1, 0.15) is 19.4 Å². The average molecular weight is 253 g/mol. The Labute approximate surface area is 106 Å². The molecule has 0 spiro atoms. The second-order valence-corrected chi connectivity index (χ2v) is 4.40. The second-order valence-electron chi connectivity index (χ2n) is 4.40. The molecule has 0 bridgehead atoms. The summed E-state index contributed by atoms with van der Waals surface area (Å²) in [5, 5.41) is 5.15. The summed E-state index contributed by atoms with van der Waals surface area (Å²) in [6.07, 6.45) is 3.08. The zero-order valence-electron chi connectivity index (χ0n) is 10.6. The van der Waals surface area contributed by atoms with Crippen molar-refractivity contribution in [3.8, 4) is 0 Å². The minimum atomic E-state index is -0.591. The third kappa shape index (κ3) is 4.58. The van der Waals surface area contributed by atoms with E-state index in [1.54, 1.807) is 12.3 Å². The van der Waals surface area contributed by atoms with Gasteiger partial charge < -0.3 is 20.8 Å². The minimum absolute atomic E-state index is 0.0407. The molecule has 6 heteroatoms. The quantitative estimate of drug-likeness (QED) is 0.664. The highest BCUT2D eigenvalue weighted by molar-refractivity contribution is 5.87. The molecule has 6 nitrogen and oxygen atoms in total. The van der Waals surface area contributed by atoms with E-state index in [1.807, 2.05) is 13.8 Å². The van der Waals surface area contributed by atoms with E-state index in [9.17, 15) is 9.59 Å². The molecule has 1 atom stereocenters. The molecule has 1 aromatic rings. The van der Waals surface area contributed by atoms with Gasteiger partial charge in [-0.2, -0.15) is 0 Å². The summed E-state index contributed by atoms with van der Waals surface area (Å²) in [4.78, 5) is 22.9. The highest BCUT2D eigenvalue weighted by atomic mass is 16.3. The number of carbonyl (C=O) groups excluding carboxylic acids is 2. The summed E-state index contributed by atoms with van der Waals surface area (Å²) in [7, 11) is 0. The van der Waals surface area contributed by atoms with Crippen molar-refractivity contribution in [2.75, 3.05) is 6.54 Å². The Morgan fingerprint density at radius 2 is 2.11 bits per heavy atom. The fraction of sp³-hybridized carbons (Fsp3) is 0.500. The van der Waals surface area contributed by atoms with Gasteiger partial charge in [0, 0.05) is 12.1 Å². The summed E-state index contributed by atoms with van der Waals surface area (Å²) < 4.78 is 4.87. The Balaban J connectivity index is 2.23. The van der Waals surface area contributed by atoms with Gasteiger partial charge in [-0.1, -0.05) is 13.8 Å². The van der Waals surface area contributed by atoms with Crippen LogP contribution >= 0.6 is 0 Å². The summed E-state index contributed by atoms with van der Waals surface area (Å²) >= 11 is 0. The highest BCUT2D eigenvalue weighted by Gasteiger charge is 2.17. The normalized spacial score (nSPS) is 12.2. The van der Waals surface area contributed by atoms with Crippen LogP contribution in [0.25, 0.3) is 0 Å². The fourth-order valence-electron chi connectivity index (χ4n) is 1.24. The molecule has 2 amide bonds. The summed E-state index contributed by atoms with van der Waals surface area (Å²) in [6, 6.07) is 1.17. The van der Waals surface area contributed by atoms with E-state index in [-0.39, 0.29) is 24.3 Å². The molecule has 100 valence electrons. The van der Waals surface area contributed by atoms with Crippen molar-refractivity contribution in [1.82, 2.24) is 10.6 Å². The van der Waals surface area contributed by atoms with E-state index >= 15 is 0 Å². The lowest BCUT2D eigenvalue weighted by Crippen LogP contribution is -2.47. The van der Waals surface area contributed by atoms with Gasteiger partial charge in [0.1, 0.15) is 0 Å². The van der Waals surface area contributed by atoms with Crippen molar-refractivity contribution in [3.63, 3.8) is 0 Å². The van der Waals surface area contributed by atoms with Crippen LogP contribution in [0.3, 0.4) is 0 Å². The van der Waals surface area contributed by atoms with Crippen LogP contribution in [0.5, 0.6) is 0 Å². The van der Waals surface area contributed by atoms with Gasteiger partial charge in [-0.3, -0.25) is 9.59 Å². The number of hydrogen-bond donors (Lipinski definition) is 3. The molecule has 0 aromatic carbocycles. The Kier molecular flexibility index (Phi) is 5.38. The zero-order valence-corrected chi connectivity index (χ0v) is 10.6. The van der Waals surface area contributed by atoms with Crippen molar-refractivity contribution in [2.24, 2.45) is 11.7 Å². The molecule has 18 heavy (non-hydrogen) atoms. The van der Waals surface area contributed by atoms with Gasteiger partial charge in [-0.25, -0.2) is 0 Å².